The van der Waals surface area contributed by atoms with Gasteiger partial charge in [-0.05, 0) is 24.3 Å². The topological polar surface area (TPSA) is 70.5 Å². The van der Waals surface area contributed by atoms with Gasteiger partial charge in [-0.3, -0.25) is 0 Å². The molecule has 0 heterocycles. The van der Waals surface area contributed by atoms with Crippen molar-refractivity contribution in [1.29, 1.82) is 0 Å². The summed E-state index contributed by atoms with van der Waals surface area (Å²) >= 11 is 0. The highest BCUT2D eigenvalue weighted by Gasteiger charge is 2.59. The maximum absolute atomic E-state index is 14.1. The third kappa shape index (κ3) is 5.94. The SMILES string of the molecule is Nc1cccc(Oc2c(Oc3cccc(N)c3)c(C(F)(F)F)c(C(F)(F)F)c(C(F)(F)F)c2C(F)(F)F)c1. The van der Waals surface area contributed by atoms with Crippen molar-refractivity contribution in [2.45, 2.75) is 24.7 Å². The van der Waals surface area contributed by atoms with E-state index < -0.39 is 70.0 Å². The van der Waals surface area contributed by atoms with Crippen molar-refractivity contribution in [3.8, 4) is 23.0 Å². The van der Waals surface area contributed by atoms with Gasteiger partial charge in [-0.2, -0.15) is 52.7 Å². The summed E-state index contributed by atoms with van der Waals surface area (Å²) in [5, 5.41) is 0. The van der Waals surface area contributed by atoms with Crippen LogP contribution in [0.25, 0.3) is 0 Å². The van der Waals surface area contributed by atoms with Crippen LogP contribution in [0.5, 0.6) is 23.0 Å². The van der Waals surface area contributed by atoms with E-state index in [0.717, 1.165) is 36.4 Å². The Morgan fingerprint density at radius 3 is 0.974 bits per heavy atom. The van der Waals surface area contributed by atoms with Crippen LogP contribution in [0.2, 0.25) is 0 Å². The number of ether oxygens (including phenoxy) is 2. The first-order valence-corrected chi connectivity index (χ1v) is 9.80. The Kier molecular flexibility index (Phi) is 7.07. The molecule has 3 rings (SSSR count). The monoisotopic (exact) mass is 564 g/mol. The molecular formula is C22H12F12N2O2. The molecule has 38 heavy (non-hydrogen) atoms. The fourth-order valence-electron chi connectivity index (χ4n) is 3.40. The van der Waals surface area contributed by atoms with Crippen LogP contribution in [-0.4, -0.2) is 0 Å². The predicted molar refractivity (Wildman–Crippen MR) is 108 cm³/mol. The fourth-order valence-corrected chi connectivity index (χ4v) is 3.40. The van der Waals surface area contributed by atoms with Crippen LogP contribution in [0, 0.1) is 0 Å². The summed E-state index contributed by atoms with van der Waals surface area (Å²) in [7, 11) is 0. The summed E-state index contributed by atoms with van der Waals surface area (Å²) < 4.78 is 177. The molecule has 0 amide bonds. The third-order valence-corrected chi connectivity index (χ3v) is 4.70. The second-order valence-corrected chi connectivity index (χ2v) is 7.50. The van der Waals surface area contributed by atoms with Gasteiger partial charge in [0.25, 0.3) is 0 Å². The van der Waals surface area contributed by atoms with Gasteiger partial charge >= 0.3 is 24.7 Å². The van der Waals surface area contributed by atoms with Gasteiger partial charge in [-0.15, -0.1) is 0 Å². The summed E-state index contributed by atoms with van der Waals surface area (Å²) in [6, 6.07) is 7.29. The van der Waals surface area contributed by atoms with E-state index in [4.69, 9.17) is 20.9 Å². The van der Waals surface area contributed by atoms with Crippen molar-refractivity contribution in [2.75, 3.05) is 11.5 Å². The lowest BCUT2D eigenvalue weighted by molar-refractivity contribution is -0.183. The lowest BCUT2D eigenvalue weighted by Gasteiger charge is -2.29. The highest BCUT2D eigenvalue weighted by atomic mass is 19.4. The molecule has 16 heteroatoms. The van der Waals surface area contributed by atoms with E-state index >= 15 is 0 Å². The Balaban J connectivity index is 2.65. The first-order valence-electron chi connectivity index (χ1n) is 9.80. The van der Waals surface area contributed by atoms with E-state index in [1.165, 1.54) is 0 Å². The lowest BCUT2D eigenvalue weighted by Crippen LogP contribution is -2.28. The maximum atomic E-state index is 14.1. The van der Waals surface area contributed by atoms with E-state index in [2.05, 4.69) is 0 Å². The first-order chi connectivity index (χ1) is 17.2. The Labute approximate surface area is 204 Å². The van der Waals surface area contributed by atoms with E-state index in [0.29, 0.717) is 12.1 Å². The Bertz CT molecular complexity index is 1240. The van der Waals surface area contributed by atoms with Crippen molar-refractivity contribution in [3.63, 3.8) is 0 Å². The largest absolute Gasteiger partial charge is 0.453 e. The van der Waals surface area contributed by atoms with Crippen LogP contribution in [0.3, 0.4) is 0 Å². The zero-order valence-electron chi connectivity index (χ0n) is 18.1. The van der Waals surface area contributed by atoms with Crippen molar-refractivity contribution in [1.82, 2.24) is 0 Å². The summed E-state index contributed by atoms with van der Waals surface area (Å²) in [6.45, 7) is 0. The van der Waals surface area contributed by atoms with E-state index in [9.17, 15) is 52.7 Å². The number of nitrogen functional groups attached to an aromatic ring is 2. The molecule has 0 aliphatic heterocycles. The van der Waals surface area contributed by atoms with E-state index in [1.54, 1.807) is 0 Å². The number of alkyl halides is 12. The number of hydrogen-bond donors (Lipinski definition) is 2. The highest BCUT2D eigenvalue weighted by molar-refractivity contribution is 5.66. The maximum Gasteiger partial charge on any atom is 0.420 e. The normalized spacial score (nSPS) is 12.9. The summed E-state index contributed by atoms with van der Waals surface area (Å²) in [4.78, 5) is 0. The molecule has 4 nitrogen and oxygen atoms in total. The van der Waals surface area contributed by atoms with Gasteiger partial charge in [-0.1, -0.05) is 12.1 Å². The minimum absolute atomic E-state index is 0.256. The van der Waals surface area contributed by atoms with Crippen LogP contribution >= 0.6 is 0 Å². The van der Waals surface area contributed by atoms with Gasteiger partial charge in [-0.25, -0.2) is 0 Å². The number of nitrogens with two attached hydrogens (primary N) is 2. The van der Waals surface area contributed by atoms with Crippen LogP contribution < -0.4 is 20.9 Å². The van der Waals surface area contributed by atoms with Gasteiger partial charge in [0.2, 0.25) is 0 Å². The molecule has 0 atom stereocenters. The first kappa shape index (κ1) is 28.6. The second-order valence-electron chi connectivity index (χ2n) is 7.50. The molecule has 0 unspecified atom stereocenters. The Morgan fingerprint density at radius 2 is 0.737 bits per heavy atom. The molecule has 206 valence electrons. The van der Waals surface area contributed by atoms with Crippen molar-refractivity contribution in [3.05, 3.63) is 70.8 Å². The molecule has 0 aromatic heterocycles. The van der Waals surface area contributed by atoms with E-state index in [1.807, 2.05) is 0 Å². The van der Waals surface area contributed by atoms with Gasteiger partial charge in [0.1, 0.15) is 22.6 Å². The molecule has 0 bridgehead atoms. The van der Waals surface area contributed by atoms with Gasteiger partial charge in [0.05, 0.1) is 11.1 Å². The fraction of sp³-hybridized carbons (Fsp3) is 0.182. The van der Waals surface area contributed by atoms with Gasteiger partial charge in [0.15, 0.2) is 11.5 Å². The van der Waals surface area contributed by atoms with Crippen LogP contribution in [0.4, 0.5) is 64.1 Å². The Morgan fingerprint density at radius 1 is 0.447 bits per heavy atom. The molecule has 3 aromatic carbocycles. The number of anilines is 2. The molecule has 0 aliphatic rings. The standard InChI is InChI=1S/C22H12F12N2O2/c23-19(24,25)13-14(20(26,27)28)16(22(32,33)34)18(38-12-6-2-4-10(36)8-12)17(15(13)21(29,30)31)37-11-5-1-3-9(35)7-11/h1-8H,35-36H2. The molecular weight excluding hydrogens is 552 g/mol. The number of rotatable bonds is 4. The lowest BCUT2D eigenvalue weighted by atomic mass is 9.91. The summed E-state index contributed by atoms with van der Waals surface area (Å²) in [6.07, 6.45) is -25.9. The molecule has 0 saturated carbocycles. The Hall–Kier alpha value is -3.98. The van der Waals surface area contributed by atoms with Gasteiger partial charge < -0.3 is 20.9 Å². The summed E-state index contributed by atoms with van der Waals surface area (Å²) in [5.41, 5.74) is -3.37. The number of benzene rings is 3. The highest BCUT2D eigenvalue weighted by Crippen LogP contribution is 2.60. The van der Waals surface area contributed by atoms with E-state index in [-0.39, 0.29) is 11.4 Å². The molecule has 0 radical (unpaired) electrons. The molecule has 0 aliphatic carbocycles. The van der Waals surface area contributed by atoms with Crippen molar-refractivity contribution < 1.29 is 62.2 Å². The molecule has 3 aromatic rings. The van der Waals surface area contributed by atoms with Gasteiger partial charge in [0, 0.05) is 23.5 Å². The predicted octanol–water partition coefficient (Wildman–Crippen LogP) is 8.51. The van der Waals surface area contributed by atoms with Crippen LogP contribution in [-0.2, 0) is 24.7 Å². The zero-order chi connectivity index (χ0) is 28.8. The average molecular weight is 564 g/mol. The smallest absolute Gasteiger partial charge is 0.420 e. The molecule has 0 spiro atoms. The molecule has 0 saturated heterocycles. The summed E-state index contributed by atoms with van der Waals surface area (Å²) in [5.74, 6) is -6.35. The van der Waals surface area contributed by atoms with Crippen molar-refractivity contribution >= 4 is 11.4 Å². The average Bonchev–Trinajstić information content (AvgIpc) is 2.71. The minimum Gasteiger partial charge on any atom is -0.453 e. The zero-order valence-corrected chi connectivity index (χ0v) is 18.1. The molecule has 0 fully saturated rings. The minimum atomic E-state index is -6.60. The molecule has 4 N–H and O–H groups in total. The third-order valence-electron chi connectivity index (χ3n) is 4.70. The van der Waals surface area contributed by atoms with Crippen LogP contribution in [0.1, 0.15) is 22.3 Å². The number of hydrogen-bond acceptors (Lipinski definition) is 4. The van der Waals surface area contributed by atoms with Crippen molar-refractivity contribution in [2.24, 2.45) is 0 Å². The van der Waals surface area contributed by atoms with Crippen LogP contribution in [0.15, 0.2) is 48.5 Å². The second kappa shape index (κ2) is 9.40. The number of halogens is 12. The quantitative estimate of drug-likeness (QED) is 0.246.